The van der Waals surface area contributed by atoms with E-state index in [1.54, 1.807) is 0 Å². The minimum atomic E-state index is 0.0634. The molecule has 0 aliphatic heterocycles. The minimum absolute atomic E-state index is 0.0634. The van der Waals surface area contributed by atoms with Crippen LogP contribution in [0.25, 0.3) is 0 Å². The number of carbonyl (C=O) groups is 1. The molecule has 0 bridgehead atoms. The summed E-state index contributed by atoms with van der Waals surface area (Å²) in [6.45, 7) is 7.56. The molecular formula is C15H26N4O. The van der Waals surface area contributed by atoms with Gasteiger partial charge in [-0.05, 0) is 58.6 Å². The highest BCUT2D eigenvalue weighted by molar-refractivity contribution is 5.95. The molecule has 1 amide bonds. The number of hydrogen-bond acceptors (Lipinski definition) is 4. The van der Waals surface area contributed by atoms with Crippen molar-refractivity contribution in [2.75, 3.05) is 32.6 Å². The number of hydrazine groups is 1. The number of amides is 1. The Hall–Kier alpha value is -1.59. The smallest absolute Gasteiger partial charge is 0.254 e. The maximum atomic E-state index is 12.6. The van der Waals surface area contributed by atoms with Gasteiger partial charge in [0.15, 0.2) is 0 Å². The van der Waals surface area contributed by atoms with Gasteiger partial charge < -0.3 is 15.2 Å². The number of rotatable bonds is 6. The molecule has 3 N–H and O–H groups in total. The van der Waals surface area contributed by atoms with E-state index in [4.69, 9.17) is 5.84 Å². The van der Waals surface area contributed by atoms with E-state index in [1.165, 1.54) is 0 Å². The summed E-state index contributed by atoms with van der Waals surface area (Å²) in [6, 6.07) is 5.71. The van der Waals surface area contributed by atoms with Crippen LogP contribution in [0.3, 0.4) is 0 Å². The molecule has 0 radical (unpaired) electrons. The van der Waals surface area contributed by atoms with Crippen molar-refractivity contribution in [3.05, 3.63) is 29.3 Å². The Morgan fingerprint density at radius 3 is 2.50 bits per heavy atom. The van der Waals surface area contributed by atoms with Crippen molar-refractivity contribution in [1.82, 2.24) is 9.80 Å². The highest BCUT2D eigenvalue weighted by atomic mass is 16.2. The summed E-state index contributed by atoms with van der Waals surface area (Å²) >= 11 is 0. The van der Waals surface area contributed by atoms with Crippen LogP contribution < -0.4 is 11.3 Å². The van der Waals surface area contributed by atoms with Crippen molar-refractivity contribution in [1.29, 1.82) is 0 Å². The fourth-order valence-electron chi connectivity index (χ4n) is 2.41. The molecule has 1 aromatic rings. The second-order valence-corrected chi connectivity index (χ2v) is 5.38. The first-order chi connectivity index (χ1) is 9.40. The molecular weight excluding hydrogens is 252 g/mol. The minimum Gasteiger partial charge on any atom is -0.335 e. The van der Waals surface area contributed by atoms with Gasteiger partial charge in [-0.3, -0.25) is 10.6 Å². The Labute approximate surface area is 121 Å². The van der Waals surface area contributed by atoms with Gasteiger partial charge in [0.25, 0.3) is 5.91 Å². The number of nitrogen functional groups attached to an aromatic ring is 1. The van der Waals surface area contributed by atoms with Crippen LogP contribution in [0, 0.1) is 6.92 Å². The Balaban J connectivity index is 2.93. The first-order valence-corrected chi connectivity index (χ1v) is 6.93. The van der Waals surface area contributed by atoms with Crippen molar-refractivity contribution in [3.8, 4) is 0 Å². The maximum Gasteiger partial charge on any atom is 0.254 e. The summed E-state index contributed by atoms with van der Waals surface area (Å²) in [5, 5.41) is 0. The van der Waals surface area contributed by atoms with Gasteiger partial charge in [0.2, 0.25) is 0 Å². The van der Waals surface area contributed by atoms with Crippen LogP contribution in [0.5, 0.6) is 0 Å². The van der Waals surface area contributed by atoms with E-state index < -0.39 is 0 Å². The van der Waals surface area contributed by atoms with Crippen LogP contribution in [0.2, 0.25) is 0 Å². The topological polar surface area (TPSA) is 61.6 Å². The van der Waals surface area contributed by atoms with E-state index in [2.05, 4.69) is 17.2 Å². The first-order valence-electron chi connectivity index (χ1n) is 6.93. The number of nitrogens with one attached hydrogen (secondary N) is 1. The third kappa shape index (κ3) is 3.95. The van der Waals surface area contributed by atoms with Crippen molar-refractivity contribution < 1.29 is 4.79 Å². The maximum absolute atomic E-state index is 12.6. The van der Waals surface area contributed by atoms with Gasteiger partial charge in [-0.2, -0.15) is 0 Å². The van der Waals surface area contributed by atoms with Gasteiger partial charge >= 0.3 is 0 Å². The quantitative estimate of drug-likeness (QED) is 0.614. The molecule has 5 heteroatoms. The second-order valence-electron chi connectivity index (χ2n) is 5.38. The molecule has 1 rings (SSSR count). The van der Waals surface area contributed by atoms with E-state index in [9.17, 15) is 4.79 Å². The van der Waals surface area contributed by atoms with E-state index in [0.29, 0.717) is 12.1 Å². The summed E-state index contributed by atoms with van der Waals surface area (Å²) < 4.78 is 0. The summed E-state index contributed by atoms with van der Waals surface area (Å²) in [4.78, 5) is 16.6. The molecule has 20 heavy (non-hydrogen) atoms. The number of carbonyl (C=O) groups excluding carboxylic acids is 1. The Bertz CT molecular complexity index is 459. The molecule has 112 valence electrons. The number of nitrogens with zero attached hydrogens (tertiary/aromatic N) is 2. The second kappa shape index (κ2) is 7.26. The Morgan fingerprint density at radius 1 is 1.40 bits per heavy atom. The fourth-order valence-corrected chi connectivity index (χ4v) is 2.41. The van der Waals surface area contributed by atoms with Crippen LogP contribution in [0.4, 0.5) is 5.69 Å². The van der Waals surface area contributed by atoms with Gasteiger partial charge in [-0.15, -0.1) is 0 Å². The van der Waals surface area contributed by atoms with Gasteiger partial charge in [0.1, 0.15) is 0 Å². The van der Waals surface area contributed by atoms with Gasteiger partial charge in [0.05, 0.1) is 5.69 Å². The SMILES string of the molecule is CCN(C(=O)c1ccc(NN)c(C)c1)C(C)CN(C)C. The van der Waals surface area contributed by atoms with Crippen LogP contribution >= 0.6 is 0 Å². The van der Waals surface area contributed by atoms with Crippen LogP contribution in [-0.4, -0.2) is 48.9 Å². The molecule has 0 fully saturated rings. The van der Waals surface area contributed by atoms with E-state index in [-0.39, 0.29) is 11.9 Å². The monoisotopic (exact) mass is 278 g/mol. The molecule has 5 nitrogen and oxygen atoms in total. The summed E-state index contributed by atoms with van der Waals surface area (Å²) in [6.07, 6.45) is 0. The van der Waals surface area contributed by atoms with Crippen molar-refractivity contribution in [2.24, 2.45) is 5.84 Å². The lowest BCUT2D eigenvalue weighted by Gasteiger charge is -2.30. The van der Waals surface area contributed by atoms with E-state index in [0.717, 1.165) is 17.8 Å². The number of hydrogen-bond donors (Lipinski definition) is 2. The molecule has 1 aromatic carbocycles. The van der Waals surface area contributed by atoms with Crippen LogP contribution in [0.15, 0.2) is 18.2 Å². The average molecular weight is 278 g/mol. The number of nitrogens with two attached hydrogens (primary N) is 1. The largest absolute Gasteiger partial charge is 0.335 e. The lowest BCUT2D eigenvalue weighted by atomic mass is 10.1. The predicted octanol–water partition coefficient (Wildman–Crippen LogP) is 1.69. The highest BCUT2D eigenvalue weighted by Gasteiger charge is 2.20. The zero-order valence-electron chi connectivity index (χ0n) is 13.1. The molecule has 0 saturated carbocycles. The lowest BCUT2D eigenvalue weighted by molar-refractivity contribution is 0.0679. The van der Waals surface area contributed by atoms with Crippen molar-refractivity contribution in [2.45, 2.75) is 26.8 Å². The van der Waals surface area contributed by atoms with Gasteiger partial charge in [-0.1, -0.05) is 0 Å². The van der Waals surface area contributed by atoms with Crippen molar-refractivity contribution in [3.63, 3.8) is 0 Å². The molecule has 0 spiro atoms. The molecule has 0 saturated heterocycles. The third-order valence-corrected chi connectivity index (χ3v) is 3.39. The number of aryl methyl sites for hydroxylation is 1. The summed E-state index contributed by atoms with van der Waals surface area (Å²) in [7, 11) is 4.03. The van der Waals surface area contributed by atoms with Crippen LogP contribution in [0.1, 0.15) is 29.8 Å². The molecule has 1 unspecified atom stereocenters. The Morgan fingerprint density at radius 2 is 2.05 bits per heavy atom. The number of benzene rings is 1. The van der Waals surface area contributed by atoms with Crippen LogP contribution in [-0.2, 0) is 0 Å². The van der Waals surface area contributed by atoms with Crippen molar-refractivity contribution >= 4 is 11.6 Å². The fraction of sp³-hybridized carbons (Fsp3) is 0.533. The molecule has 0 aromatic heterocycles. The molecule has 0 aliphatic rings. The van der Waals surface area contributed by atoms with E-state index in [1.807, 2.05) is 51.0 Å². The highest BCUT2D eigenvalue weighted by Crippen LogP contribution is 2.17. The summed E-state index contributed by atoms with van der Waals surface area (Å²) in [5.74, 6) is 5.48. The standard InChI is InChI=1S/C15H26N4O/c1-6-19(12(3)10-18(4)5)15(20)13-7-8-14(17-16)11(2)9-13/h7-9,12,17H,6,10,16H2,1-5H3. The molecule has 0 aliphatic carbocycles. The average Bonchev–Trinajstić information content (AvgIpc) is 2.38. The molecule has 0 heterocycles. The Kier molecular flexibility index (Phi) is 5.98. The zero-order chi connectivity index (χ0) is 15.3. The molecule has 1 atom stereocenters. The zero-order valence-corrected chi connectivity index (χ0v) is 13.1. The predicted molar refractivity (Wildman–Crippen MR) is 83.7 cm³/mol. The van der Waals surface area contributed by atoms with Gasteiger partial charge in [-0.25, -0.2) is 0 Å². The number of likely N-dealkylation sites (N-methyl/N-ethyl adjacent to an activating group) is 2. The first kappa shape index (κ1) is 16.5. The summed E-state index contributed by atoms with van der Waals surface area (Å²) in [5.41, 5.74) is 5.13. The third-order valence-electron chi connectivity index (χ3n) is 3.39. The van der Waals surface area contributed by atoms with E-state index >= 15 is 0 Å². The normalized spacial score (nSPS) is 12.3. The van der Waals surface area contributed by atoms with Gasteiger partial charge in [0, 0.05) is 24.7 Å². The number of anilines is 1. The lowest BCUT2D eigenvalue weighted by Crippen LogP contribution is -2.43.